The highest BCUT2D eigenvalue weighted by molar-refractivity contribution is 5.26. The lowest BCUT2D eigenvalue weighted by molar-refractivity contribution is 0.638. The number of hydrogen-bond donors (Lipinski definition) is 1. The lowest BCUT2D eigenvalue weighted by Crippen LogP contribution is -2.10. The van der Waals surface area contributed by atoms with Crippen LogP contribution in [0.15, 0.2) is 24.3 Å². The molecule has 2 N–H and O–H groups in total. The van der Waals surface area contributed by atoms with Crippen LogP contribution in [0.3, 0.4) is 0 Å². The molecule has 1 aliphatic rings. The molecule has 1 aliphatic carbocycles. The third kappa shape index (κ3) is 2.54. The number of nitrogens with two attached hydrogens (primary N) is 1. The van der Waals surface area contributed by atoms with Crippen LogP contribution in [-0.4, -0.2) is 14.8 Å². The zero-order valence-corrected chi connectivity index (χ0v) is 11.3. The zero-order chi connectivity index (χ0) is 13.2. The average molecular weight is 256 g/mol. The first-order chi connectivity index (χ1) is 9.29. The van der Waals surface area contributed by atoms with Gasteiger partial charge in [-0.2, -0.15) is 0 Å². The van der Waals surface area contributed by atoms with Crippen molar-refractivity contribution in [3.8, 4) is 0 Å². The molecule has 0 saturated heterocycles. The van der Waals surface area contributed by atoms with E-state index >= 15 is 0 Å². The van der Waals surface area contributed by atoms with E-state index < -0.39 is 0 Å². The molecule has 2 aromatic rings. The van der Waals surface area contributed by atoms with Crippen LogP contribution in [0.5, 0.6) is 0 Å². The highest BCUT2D eigenvalue weighted by atomic mass is 15.3. The van der Waals surface area contributed by atoms with Crippen molar-refractivity contribution < 1.29 is 0 Å². The molecule has 0 bridgehead atoms. The Kier molecular flexibility index (Phi) is 3.34. The van der Waals surface area contributed by atoms with Crippen LogP contribution in [0.2, 0.25) is 0 Å². The molecule has 100 valence electrons. The van der Waals surface area contributed by atoms with E-state index in [4.69, 9.17) is 5.73 Å². The molecule has 1 saturated carbocycles. The summed E-state index contributed by atoms with van der Waals surface area (Å²) in [5.74, 6) is 2.02. The van der Waals surface area contributed by atoms with E-state index in [9.17, 15) is 0 Å². The molecular formula is C15H20N4. The van der Waals surface area contributed by atoms with Gasteiger partial charge in [0.25, 0.3) is 0 Å². The van der Waals surface area contributed by atoms with Crippen LogP contribution >= 0.6 is 0 Å². The summed E-state index contributed by atoms with van der Waals surface area (Å²) in [5.41, 5.74) is 8.47. The molecule has 4 heteroatoms. The van der Waals surface area contributed by atoms with Crippen LogP contribution in [0.25, 0.3) is 0 Å². The summed E-state index contributed by atoms with van der Waals surface area (Å²) in [5, 5.41) is 8.54. The third-order valence-electron chi connectivity index (χ3n) is 3.81. The predicted molar refractivity (Wildman–Crippen MR) is 74.8 cm³/mol. The summed E-state index contributed by atoms with van der Waals surface area (Å²) >= 11 is 0. The molecule has 0 spiro atoms. The van der Waals surface area contributed by atoms with E-state index in [1.54, 1.807) is 0 Å². The number of aryl methyl sites for hydroxylation is 3. The largest absolute Gasteiger partial charge is 0.324 e. The Bertz CT molecular complexity index is 569. The van der Waals surface area contributed by atoms with Gasteiger partial charge in [0.05, 0.1) is 6.54 Å². The van der Waals surface area contributed by atoms with Gasteiger partial charge in [0.15, 0.2) is 0 Å². The summed E-state index contributed by atoms with van der Waals surface area (Å²) in [4.78, 5) is 0. The number of nitrogens with zero attached hydrogens (tertiary/aromatic N) is 3. The molecule has 0 aliphatic heterocycles. The Morgan fingerprint density at radius 1 is 1.16 bits per heavy atom. The van der Waals surface area contributed by atoms with E-state index in [1.807, 2.05) is 0 Å². The lowest BCUT2D eigenvalue weighted by Gasteiger charge is -2.09. The monoisotopic (exact) mass is 256 g/mol. The standard InChI is InChI=1S/C15H20N4/c1-11-4-2-3-5-12(11)6-9-14-17-18-15(10-16)19(14)13-7-8-13/h2-5,13H,6-10,16H2,1H3. The van der Waals surface area contributed by atoms with Crippen LogP contribution in [-0.2, 0) is 19.4 Å². The van der Waals surface area contributed by atoms with Gasteiger partial charge in [0.1, 0.15) is 11.6 Å². The minimum Gasteiger partial charge on any atom is -0.324 e. The zero-order valence-electron chi connectivity index (χ0n) is 11.3. The van der Waals surface area contributed by atoms with Gasteiger partial charge in [-0.3, -0.25) is 0 Å². The number of rotatable bonds is 5. The molecule has 1 aromatic heterocycles. The minimum absolute atomic E-state index is 0.480. The average Bonchev–Trinajstić information content (AvgIpc) is 3.18. The Labute approximate surface area is 113 Å². The predicted octanol–water partition coefficient (Wildman–Crippen LogP) is 2.17. The van der Waals surface area contributed by atoms with Crippen molar-refractivity contribution in [2.75, 3.05) is 0 Å². The van der Waals surface area contributed by atoms with Gasteiger partial charge < -0.3 is 10.3 Å². The Morgan fingerprint density at radius 2 is 1.89 bits per heavy atom. The maximum absolute atomic E-state index is 5.74. The molecule has 3 rings (SSSR count). The normalized spacial score (nSPS) is 14.8. The first-order valence-corrected chi connectivity index (χ1v) is 6.97. The summed E-state index contributed by atoms with van der Waals surface area (Å²) in [7, 11) is 0. The maximum Gasteiger partial charge on any atom is 0.147 e. The first kappa shape index (κ1) is 12.4. The summed E-state index contributed by atoms with van der Waals surface area (Å²) in [6.45, 7) is 2.64. The smallest absolute Gasteiger partial charge is 0.147 e. The van der Waals surface area contributed by atoms with Gasteiger partial charge in [-0.05, 0) is 37.3 Å². The molecule has 0 unspecified atom stereocenters. The van der Waals surface area contributed by atoms with Crippen LogP contribution in [0.1, 0.15) is 41.7 Å². The molecule has 0 atom stereocenters. The van der Waals surface area contributed by atoms with Crippen molar-refractivity contribution in [3.05, 3.63) is 47.0 Å². The highest BCUT2D eigenvalue weighted by Gasteiger charge is 2.28. The Balaban J connectivity index is 1.77. The van der Waals surface area contributed by atoms with E-state index in [1.165, 1.54) is 24.0 Å². The second-order valence-electron chi connectivity index (χ2n) is 5.26. The summed E-state index contributed by atoms with van der Waals surface area (Å²) in [6.07, 6.45) is 4.43. The molecule has 0 radical (unpaired) electrons. The van der Waals surface area contributed by atoms with Gasteiger partial charge in [-0.1, -0.05) is 24.3 Å². The van der Waals surface area contributed by atoms with Crippen LogP contribution in [0, 0.1) is 6.92 Å². The number of benzene rings is 1. The van der Waals surface area contributed by atoms with E-state index in [2.05, 4.69) is 46.0 Å². The fraction of sp³-hybridized carbons (Fsp3) is 0.467. The molecular weight excluding hydrogens is 236 g/mol. The van der Waals surface area contributed by atoms with Crippen molar-refractivity contribution >= 4 is 0 Å². The molecule has 1 heterocycles. The maximum atomic E-state index is 5.74. The lowest BCUT2D eigenvalue weighted by atomic mass is 10.0. The van der Waals surface area contributed by atoms with E-state index in [-0.39, 0.29) is 0 Å². The second kappa shape index (κ2) is 5.13. The van der Waals surface area contributed by atoms with Gasteiger partial charge in [-0.15, -0.1) is 10.2 Å². The molecule has 4 nitrogen and oxygen atoms in total. The fourth-order valence-electron chi connectivity index (χ4n) is 2.56. The van der Waals surface area contributed by atoms with E-state index in [0.717, 1.165) is 24.5 Å². The van der Waals surface area contributed by atoms with Crippen molar-refractivity contribution in [1.29, 1.82) is 0 Å². The van der Waals surface area contributed by atoms with Gasteiger partial charge in [0.2, 0.25) is 0 Å². The van der Waals surface area contributed by atoms with Crippen molar-refractivity contribution in [1.82, 2.24) is 14.8 Å². The van der Waals surface area contributed by atoms with Crippen LogP contribution in [0.4, 0.5) is 0 Å². The van der Waals surface area contributed by atoms with Gasteiger partial charge in [-0.25, -0.2) is 0 Å². The quantitative estimate of drug-likeness (QED) is 0.892. The van der Waals surface area contributed by atoms with Gasteiger partial charge >= 0.3 is 0 Å². The summed E-state index contributed by atoms with van der Waals surface area (Å²) < 4.78 is 2.26. The Morgan fingerprint density at radius 3 is 2.58 bits per heavy atom. The Hall–Kier alpha value is -1.68. The molecule has 0 amide bonds. The third-order valence-corrected chi connectivity index (χ3v) is 3.81. The minimum atomic E-state index is 0.480. The summed E-state index contributed by atoms with van der Waals surface area (Å²) in [6, 6.07) is 9.13. The van der Waals surface area contributed by atoms with Crippen molar-refractivity contribution in [3.63, 3.8) is 0 Å². The van der Waals surface area contributed by atoms with Crippen LogP contribution < -0.4 is 5.73 Å². The van der Waals surface area contributed by atoms with Gasteiger partial charge in [0, 0.05) is 12.5 Å². The SMILES string of the molecule is Cc1ccccc1CCc1nnc(CN)n1C1CC1. The van der Waals surface area contributed by atoms with Crippen molar-refractivity contribution in [2.24, 2.45) is 5.73 Å². The molecule has 19 heavy (non-hydrogen) atoms. The number of hydrogen-bond acceptors (Lipinski definition) is 3. The second-order valence-corrected chi connectivity index (χ2v) is 5.26. The molecule has 1 fully saturated rings. The first-order valence-electron chi connectivity index (χ1n) is 6.97. The molecule has 1 aromatic carbocycles. The van der Waals surface area contributed by atoms with E-state index in [0.29, 0.717) is 12.6 Å². The van der Waals surface area contributed by atoms with Crippen molar-refractivity contribution in [2.45, 2.75) is 45.2 Å². The highest BCUT2D eigenvalue weighted by Crippen LogP contribution is 2.36. The topological polar surface area (TPSA) is 56.7 Å². The fourth-order valence-corrected chi connectivity index (χ4v) is 2.56. The number of aromatic nitrogens is 3.